The number of hydrogen-bond donors (Lipinski definition) is 0. The SMILES string of the molecule is CCOC(=O)Cn1c(=NC(=O)c2ccc(C(=O)OC)cc2)sc2cc(C)cc(C)c21. The molecule has 1 amide bonds. The second-order valence-electron chi connectivity index (χ2n) is 6.69. The first-order valence-corrected chi connectivity index (χ1v) is 10.2. The summed E-state index contributed by atoms with van der Waals surface area (Å²) in [6, 6.07) is 10.1. The molecule has 0 fully saturated rings. The van der Waals surface area contributed by atoms with Gasteiger partial charge in [0.1, 0.15) is 6.54 Å². The van der Waals surface area contributed by atoms with Gasteiger partial charge in [-0.25, -0.2) is 4.79 Å². The first-order valence-electron chi connectivity index (χ1n) is 9.37. The summed E-state index contributed by atoms with van der Waals surface area (Å²) >= 11 is 1.34. The number of benzene rings is 2. The van der Waals surface area contributed by atoms with E-state index >= 15 is 0 Å². The van der Waals surface area contributed by atoms with E-state index in [2.05, 4.69) is 9.73 Å². The van der Waals surface area contributed by atoms with Crippen molar-refractivity contribution in [1.82, 2.24) is 4.57 Å². The lowest BCUT2D eigenvalue weighted by Crippen LogP contribution is -2.23. The first kappa shape index (κ1) is 21.4. The molecule has 0 aliphatic heterocycles. The van der Waals surface area contributed by atoms with Crippen LogP contribution in [0.5, 0.6) is 0 Å². The molecule has 1 aromatic heterocycles. The zero-order valence-electron chi connectivity index (χ0n) is 17.2. The molecule has 0 aliphatic rings. The van der Waals surface area contributed by atoms with Crippen molar-refractivity contribution in [2.45, 2.75) is 27.3 Å². The highest BCUT2D eigenvalue weighted by atomic mass is 32.1. The van der Waals surface area contributed by atoms with Crippen LogP contribution < -0.4 is 4.80 Å². The van der Waals surface area contributed by atoms with Crippen molar-refractivity contribution in [2.24, 2.45) is 4.99 Å². The lowest BCUT2D eigenvalue weighted by atomic mass is 10.1. The fraction of sp³-hybridized carbons (Fsp3) is 0.273. The van der Waals surface area contributed by atoms with E-state index in [0.717, 1.165) is 21.3 Å². The van der Waals surface area contributed by atoms with Crippen molar-refractivity contribution in [1.29, 1.82) is 0 Å². The lowest BCUT2D eigenvalue weighted by molar-refractivity contribution is -0.143. The predicted molar refractivity (Wildman–Crippen MR) is 114 cm³/mol. The van der Waals surface area contributed by atoms with Crippen molar-refractivity contribution in [3.8, 4) is 0 Å². The van der Waals surface area contributed by atoms with Crippen LogP contribution in [0.4, 0.5) is 0 Å². The van der Waals surface area contributed by atoms with Crippen LogP contribution in [-0.2, 0) is 20.8 Å². The Balaban J connectivity index is 2.08. The van der Waals surface area contributed by atoms with Gasteiger partial charge in [0.05, 0.1) is 29.5 Å². The Labute approximate surface area is 177 Å². The van der Waals surface area contributed by atoms with E-state index in [1.807, 2.05) is 26.0 Å². The zero-order valence-corrected chi connectivity index (χ0v) is 18.0. The third-order valence-corrected chi connectivity index (χ3v) is 5.48. The summed E-state index contributed by atoms with van der Waals surface area (Å²) in [4.78, 5) is 41.2. The number of carbonyl (C=O) groups excluding carboxylic acids is 3. The molecule has 3 rings (SSSR count). The van der Waals surface area contributed by atoms with Crippen molar-refractivity contribution in [2.75, 3.05) is 13.7 Å². The molecule has 30 heavy (non-hydrogen) atoms. The van der Waals surface area contributed by atoms with Gasteiger partial charge >= 0.3 is 11.9 Å². The number of hydrogen-bond acceptors (Lipinski definition) is 6. The predicted octanol–water partition coefficient (Wildman–Crippen LogP) is 3.41. The number of aromatic nitrogens is 1. The number of thiazole rings is 1. The van der Waals surface area contributed by atoms with Gasteiger partial charge in [0.25, 0.3) is 5.91 Å². The van der Waals surface area contributed by atoms with Crippen LogP contribution in [0.1, 0.15) is 38.8 Å². The average molecular weight is 426 g/mol. The molecule has 156 valence electrons. The molecule has 0 unspecified atom stereocenters. The van der Waals surface area contributed by atoms with Gasteiger partial charge in [-0.1, -0.05) is 17.4 Å². The standard InChI is InChI=1S/C22H22N2O5S/c1-5-29-18(25)12-24-19-14(3)10-13(2)11-17(19)30-22(24)23-20(26)15-6-8-16(9-7-15)21(27)28-4/h6-11H,5,12H2,1-4H3. The lowest BCUT2D eigenvalue weighted by Gasteiger charge is -2.07. The Bertz CT molecular complexity index is 1190. The molecule has 0 bridgehead atoms. The Hall–Kier alpha value is -3.26. The Morgan fingerprint density at radius 1 is 1.07 bits per heavy atom. The molecular weight excluding hydrogens is 404 g/mol. The minimum absolute atomic E-state index is 0.0366. The summed E-state index contributed by atoms with van der Waals surface area (Å²) in [5, 5.41) is 0. The number of carbonyl (C=O) groups is 3. The van der Waals surface area contributed by atoms with Crippen molar-refractivity contribution in [3.05, 3.63) is 63.5 Å². The maximum atomic E-state index is 12.8. The molecule has 1 heterocycles. The highest BCUT2D eigenvalue weighted by Gasteiger charge is 2.15. The van der Waals surface area contributed by atoms with Crippen molar-refractivity contribution >= 4 is 39.4 Å². The molecule has 0 spiro atoms. The Morgan fingerprint density at radius 2 is 1.73 bits per heavy atom. The fourth-order valence-electron chi connectivity index (χ4n) is 3.18. The largest absolute Gasteiger partial charge is 0.465 e. The van der Waals surface area contributed by atoms with Crippen LogP contribution in [0.25, 0.3) is 10.2 Å². The molecule has 8 heteroatoms. The van der Waals surface area contributed by atoms with E-state index in [4.69, 9.17) is 4.74 Å². The van der Waals surface area contributed by atoms with Crippen LogP contribution in [0.15, 0.2) is 41.4 Å². The molecule has 0 atom stereocenters. The Kier molecular flexibility index (Phi) is 6.47. The second kappa shape index (κ2) is 9.04. The fourth-order valence-corrected chi connectivity index (χ4v) is 4.38. The summed E-state index contributed by atoms with van der Waals surface area (Å²) in [7, 11) is 1.30. The number of amides is 1. The quantitative estimate of drug-likeness (QED) is 0.584. The third-order valence-electron chi connectivity index (χ3n) is 4.45. The molecule has 0 saturated heterocycles. The van der Waals surface area contributed by atoms with Crippen molar-refractivity contribution in [3.63, 3.8) is 0 Å². The van der Waals surface area contributed by atoms with E-state index in [-0.39, 0.29) is 13.2 Å². The van der Waals surface area contributed by atoms with E-state index in [1.165, 1.54) is 42.7 Å². The van der Waals surface area contributed by atoms with Gasteiger partial charge in [0.2, 0.25) is 0 Å². The van der Waals surface area contributed by atoms with Gasteiger partial charge in [0, 0.05) is 5.56 Å². The number of nitrogens with zero attached hydrogens (tertiary/aromatic N) is 2. The van der Waals surface area contributed by atoms with Crippen LogP contribution in [0.2, 0.25) is 0 Å². The molecule has 3 aromatic rings. The summed E-state index contributed by atoms with van der Waals surface area (Å²) in [5.41, 5.74) is 3.60. The zero-order chi connectivity index (χ0) is 21.8. The molecule has 0 saturated carbocycles. The van der Waals surface area contributed by atoms with E-state index < -0.39 is 17.8 Å². The Morgan fingerprint density at radius 3 is 2.37 bits per heavy atom. The molecule has 0 N–H and O–H groups in total. The van der Waals surface area contributed by atoms with Gasteiger partial charge in [-0.2, -0.15) is 4.99 Å². The van der Waals surface area contributed by atoms with Crippen LogP contribution in [0.3, 0.4) is 0 Å². The number of rotatable bonds is 5. The minimum atomic E-state index is -0.478. The van der Waals surface area contributed by atoms with Crippen LogP contribution in [0, 0.1) is 13.8 Å². The summed E-state index contributed by atoms with van der Waals surface area (Å²) < 4.78 is 12.4. The minimum Gasteiger partial charge on any atom is -0.465 e. The second-order valence-corrected chi connectivity index (χ2v) is 7.70. The summed E-state index contributed by atoms with van der Waals surface area (Å²) in [5.74, 6) is -1.34. The van der Waals surface area contributed by atoms with Crippen molar-refractivity contribution < 1.29 is 23.9 Å². The highest BCUT2D eigenvalue weighted by Crippen LogP contribution is 2.23. The number of aryl methyl sites for hydroxylation is 2. The number of esters is 2. The summed E-state index contributed by atoms with van der Waals surface area (Å²) in [6.45, 7) is 5.94. The smallest absolute Gasteiger partial charge is 0.337 e. The first-order chi connectivity index (χ1) is 14.3. The maximum absolute atomic E-state index is 12.8. The number of ether oxygens (including phenoxy) is 2. The number of fused-ring (bicyclic) bond motifs is 1. The maximum Gasteiger partial charge on any atom is 0.337 e. The van der Waals surface area contributed by atoms with Gasteiger partial charge in [-0.3, -0.25) is 9.59 Å². The van der Waals surface area contributed by atoms with E-state index in [9.17, 15) is 14.4 Å². The van der Waals surface area contributed by atoms with Gasteiger partial charge < -0.3 is 14.0 Å². The molecule has 7 nitrogen and oxygen atoms in total. The number of methoxy groups -OCH3 is 1. The molecular formula is C22H22N2O5S. The molecule has 0 aliphatic carbocycles. The van der Waals surface area contributed by atoms with E-state index in [1.54, 1.807) is 11.5 Å². The topological polar surface area (TPSA) is 87.0 Å². The summed E-state index contributed by atoms with van der Waals surface area (Å²) in [6.07, 6.45) is 0. The van der Waals surface area contributed by atoms with Crippen LogP contribution in [-0.4, -0.2) is 36.1 Å². The molecule has 0 radical (unpaired) electrons. The highest BCUT2D eigenvalue weighted by molar-refractivity contribution is 7.16. The average Bonchev–Trinajstić information content (AvgIpc) is 3.04. The van der Waals surface area contributed by atoms with Gasteiger partial charge in [-0.15, -0.1) is 0 Å². The van der Waals surface area contributed by atoms with Gasteiger partial charge in [-0.05, 0) is 62.2 Å². The van der Waals surface area contributed by atoms with E-state index in [0.29, 0.717) is 15.9 Å². The van der Waals surface area contributed by atoms with Gasteiger partial charge in [0.15, 0.2) is 4.80 Å². The normalized spacial score (nSPS) is 11.5. The monoisotopic (exact) mass is 426 g/mol. The third kappa shape index (κ3) is 4.49. The van der Waals surface area contributed by atoms with Crippen LogP contribution >= 0.6 is 11.3 Å². The molecule has 2 aromatic carbocycles.